The zero-order valence-electron chi connectivity index (χ0n) is 11.7. The molecule has 4 nitrogen and oxygen atoms in total. The van der Waals surface area contributed by atoms with Crippen molar-refractivity contribution in [2.75, 3.05) is 5.32 Å². The summed E-state index contributed by atoms with van der Waals surface area (Å²) in [6.45, 7) is 0.470. The first-order chi connectivity index (χ1) is 10.7. The topological polar surface area (TPSA) is 54.0 Å². The number of carbonyl (C=O) groups is 1. The molecule has 2 N–H and O–H groups in total. The lowest BCUT2D eigenvalue weighted by Crippen LogP contribution is -2.28. The Labute approximate surface area is 136 Å². The van der Waals surface area contributed by atoms with E-state index >= 15 is 0 Å². The van der Waals surface area contributed by atoms with Crippen molar-refractivity contribution in [3.05, 3.63) is 70.8 Å². The number of urea groups is 1. The van der Waals surface area contributed by atoms with Crippen LogP contribution in [0.3, 0.4) is 0 Å². The van der Waals surface area contributed by atoms with Crippen LogP contribution in [0.1, 0.15) is 5.56 Å². The number of fused-ring (bicyclic) bond motifs is 1. The minimum absolute atomic E-state index is 0.249. The highest BCUT2D eigenvalue weighted by Crippen LogP contribution is 2.20. The van der Waals surface area contributed by atoms with Gasteiger partial charge in [0.15, 0.2) is 0 Å². The fourth-order valence-electron chi connectivity index (χ4n) is 2.16. The summed E-state index contributed by atoms with van der Waals surface area (Å²) in [4.78, 5) is 16.4. The van der Waals surface area contributed by atoms with E-state index in [-0.39, 0.29) is 6.03 Å². The average molecular weight is 356 g/mol. The van der Waals surface area contributed by atoms with Gasteiger partial charge in [-0.3, -0.25) is 4.98 Å². The summed E-state index contributed by atoms with van der Waals surface area (Å²) in [5, 5.41) is 6.68. The lowest BCUT2D eigenvalue weighted by molar-refractivity contribution is 0.252. The van der Waals surface area contributed by atoms with E-state index < -0.39 is 0 Å². The molecule has 0 aliphatic rings. The number of aromatic nitrogens is 1. The second-order valence-electron chi connectivity index (χ2n) is 4.81. The molecule has 0 bridgehead atoms. The number of pyridine rings is 1. The molecule has 0 radical (unpaired) electrons. The molecule has 110 valence electrons. The zero-order valence-corrected chi connectivity index (χ0v) is 13.3. The monoisotopic (exact) mass is 355 g/mol. The molecule has 2 aromatic carbocycles. The molecule has 0 aliphatic carbocycles. The van der Waals surface area contributed by atoms with Gasteiger partial charge in [-0.15, -0.1) is 0 Å². The van der Waals surface area contributed by atoms with Gasteiger partial charge in [0.05, 0.1) is 11.2 Å². The summed E-state index contributed by atoms with van der Waals surface area (Å²) in [5.41, 5.74) is 2.52. The molecule has 0 spiro atoms. The second-order valence-corrected chi connectivity index (χ2v) is 5.73. The number of halogens is 1. The van der Waals surface area contributed by atoms with Gasteiger partial charge in [-0.1, -0.05) is 46.3 Å². The van der Waals surface area contributed by atoms with Crippen molar-refractivity contribution in [3.63, 3.8) is 0 Å². The quantitative estimate of drug-likeness (QED) is 0.734. The summed E-state index contributed by atoms with van der Waals surface area (Å²) >= 11 is 3.39. The number of rotatable bonds is 3. The number of para-hydroxylation sites is 1. The van der Waals surface area contributed by atoms with E-state index in [0.717, 1.165) is 20.9 Å². The number of hydrogen-bond acceptors (Lipinski definition) is 2. The predicted octanol–water partition coefficient (Wildman–Crippen LogP) is 4.32. The molecule has 0 saturated carbocycles. The molecule has 3 aromatic rings. The molecule has 22 heavy (non-hydrogen) atoms. The van der Waals surface area contributed by atoms with E-state index in [9.17, 15) is 4.79 Å². The third-order valence-corrected chi connectivity index (χ3v) is 3.78. The summed E-state index contributed by atoms with van der Waals surface area (Å²) < 4.78 is 1.02. The van der Waals surface area contributed by atoms with Gasteiger partial charge in [-0.25, -0.2) is 4.79 Å². The van der Waals surface area contributed by atoms with E-state index in [1.165, 1.54) is 0 Å². The molecule has 5 heteroatoms. The van der Waals surface area contributed by atoms with Crippen molar-refractivity contribution in [2.45, 2.75) is 6.54 Å². The number of benzene rings is 2. The van der Waals surface area contributed by atoms with E-state index in [1.54, 1.807) is 6.20 Å². The Hall–Kier alpha value is -2.40. The molecule has 0 fully saturated rings. The van der Waals surface area contributed by atoms with Gasteiger partial charge < -0.3 is 10.6 Å². The number of nitrogens with zero attached hydrogens (tertiary/aromatic N) is 1. The maximum Gasteiger partial charge on any atom is 0.319 e. The zero-order chi connectivity index (χ0) is 15.4. The number of nitrogens with one attached hydrogen (secondary N) is 2. The van der Waals surface area contributed by atoms with E-state index in [4.69, 9.17) is 0 Å². The number of amides is 2. The SMILES string of the molecule is O=C(NCc1ccc(Br)cc1)Nc1cccc2cccnc12. The van der Waals surface area contributed by atoms with Crippen LogP contribution in [0.25, 0.3) is 10.9 Å². The molecule has 1 heterocycles. The molecular weight excluding hydrogens is 342 g/mol. The van der Waals surface area contributed by atoms with Crippen molar-refractivity contribution in [1.82, 2.24) is 10.3 Å². The van der Waals surface area contributed by atoms with Crippen LogP contribution in [0.4, 0.5) is 10.5 Å². The highest BCUT2D eigenvalue weighted by atomic mass is 79.9. The lowest BCUT2D eigenvalue weighted by Gasteiger charge is -2.09. The van der Waals surface area contributed by atoms with Crippen LogP contribution in [-0.4, -0.2) is 11.0 Å². The van der Waals surface area contributed by atoms with Crippen LogP contribution < -0.4 is 10.6 Å². The van der Waals surface area contributed by atoms with Crippen LogP contribution in [0.5, 0.6) is 0 Å². The van der Waals surface area contributed by atoms with E-state index in [0.29, 0.717) is 12.2 Å². The van der Waals surface area contributed by atoms with Crippen LogP contribution in [0.2, 0.25) is 0 Å². The number of hydrogen-bond donors (Lipinski definition) is 2. The van der Waals surface area contributed by atoms with E-state index in [1.807, 2.05) is 54.6 Å². The van der Waals surface area contributed by atoms with Crippen LogP contribution in [0.15, 0.2) is 65.3 Å². The third kappa shape index (κ3) is 3.43. The molecule has 0 atom stereocenters. The van der Waals surface area contributed by atoms with Crippen molar-refractivity contribution >= 4 is 38.6 Å². The molecule has 0 saturated heterocycles. The van der Waals surface area contributed by atoms with Crippen LogP contribution in [0, 0.1) is 0 Å². The molecule has 1 aromatic heterocycles. The Morgan fingerprint density at radius 1 is 1.05 bits per heavy atom. The van der Waals surface area contributed by atoms with Crippen LogP contribution in [-0.2, 0) is 6.54 Å². The van der Waals surface area contributed by atoms with Crippen molar-refractivity contribution in [3.8, 4) is 0 Å². The number of carbonyl (C=O) groups excluding carboxylic acids is 1. The van der Waals surface area contributed by atoms with E-state index in [2.05, 4.69) is 31.5 Å². The van der Waals surface area contributed by atoms with Gasteiger partial charge in [0.2, 0.25) is 0 Å². The Bertz CT molecular complexity index is 797. The second kappa shape index (κ2) is 6.58. The smallest absolute Gasteiger partial charge is 0.319 e. The van der Waals surface area contributed by atoms with Gasteiger partial charge in [-0.05, 0) is 29.8 Å². The maximum atomic E-state index is 12.0. The first-order valence-corrected chi connectivity index (χ1v) is 7.65. The van der Waals surface area contributed by atoms with Gasteiger partial charge in [0, 0.05) is 22.6 Å². The summed E-state index contributed by atoms with van der Waals surface area (Å²) in [7, 11) is 0. The third-order valence-electron chi connectivity index (χ3n) is 3.25. The first kappa shape index (κ1) is 14.5. The largest absolute Gasteiger partial charge is 0.334 e. The maximum absolute atomic E-state index is 12.0. The van der Waals surface area contributed by atoms with Crippen molar-refractivity contribution in [2.24, 2.45) is 0 Å². The predicted molar refractivity (Wildman–Crippen MR) is 91.7 cm³/mol. The molecule has 2 amide bonds. The Balaban J connectivity index is 1.67. The molecule has 0 aliphatic heterocycles. The Morgan fingerprint density at radius 3 is 2.64 bits per heavy atom. The molecular formula is C17H14BrN3O. The van der Waals surface area contributed by atoms with Gasteiger partial charge >= 0.3 is 6.03 Å². The lowest BCUT2D eigenvalue weighted by atomic mass is 10.2. The van der Waals surface area contributed by atoms with Gasteiger partial charge in [0.25, 0.3) is 0 Å². The number of anilines is 1. The Morgan fingerprint density at radius 2 is 1.82 bits per heavy atom. The fourth-order valence-corrected chi connectivity index (χ4v) is 2.42. The minimum atomic E-state index is -0.249. The van der Waals surface area contributed by atoms with Crippen LogP contribution >= 0.6 is 15.9 Å². The van der Waals surface area contributed by atoms with Gasteiger partial charge in [0.1, 0.15) is 0 Å². The van der Waals surface area contributed by atoms with Crippen molar-refractivity contribution in [1.29, 1.82) is 0 Å². The normalized spacial score (nSPS) is 10.4. The standard InChI is InChI=1S/C17H14BrN3O/c18-14-8-6-12(7-9-14)11-20-17(22)21-15-5-1-3-13-4-2-10-19-16(13)15/h1-10H,11H2,(H2,20,21,22). The minimum Gasteiger partial charge on any atom is -0.334 e. The Kier molecular flexibility index (Phi) is 4.34. The fraction of sp³-hybridized carbons (Fsp3) is 0.0588. The summed E-state index contributed by atoms with van der Waals surface area (Å²) in [6.07, 6.45) is 1.72. The molecule has 3 rings (SSSR count). The first-order valence-electron chi connectivity index (χ1n) is 6.85. The van der Waals surface area contributed by atoms with Crippen molar-refractivity contribution < 1.29 is 4.79 Å². The summed E-state index contributed by atoms with van der Waals surface area (Å²) in [5.74, 6) is 0. The summed E-state index contributed by atoms with van der Waals surface area (Å²) in [6, 6.07) is 17.1. The molecule has 0 unspecified atom stereocenters. The highest BCUT2D eigenvalue weighted by Gasteiger charge is 2.06. The van der Waals surface area contributed by atoms with Gasteiger partial charge in [-0.2, -0.15) is 0 Å². The highest BCUT2D eigenvalue weighted by molar-refractivity contribution is 9.10. The average Bonchev–Trinajstić information content (AvgIpc) is 2.55.